The maximum absolute atomic E-state index is 11.9. The molecule has 2 aromatic heterocycles. The summed E-state index contributed by atoms with van der Waals surface area (Å²) in [5.74, 6) is 1.08. The lowest BCUT2D eigenvalue weighted by Gasteiger charge is -2.22. The van der Waals surface area contributed by atoms with Gasteiger partial charge in [0.25, 0.3) is 0 Å². The van der Waals surface area contributed by atoms with Gasteiger partial charge in [-0.2, -0.15) is 0 Å². The topological polar surface area (TPSA) is 58.1 Å². The number of amides is 1. The van der Waals surface area contributed by atoms with E-state index >= 15 is 0 Å². The van der Waals surface area contributed by atoms with E-state index in [1.807, 2.05) is 36.4 Å². The van der Waals surface area contributed by atoms with Crippen LogP contribution >= 0.6 is 22.9 Å². The first-order valence-corrected chi connectivity index (χ1v) is 9.45. The number of hydrogen-bond donors (Lipinski definition) is 1. The fraction of sp³-hybridized carbons (Fsp3) is 0.278. The van der Waals surface area contributed by atoms with Crippen molar-refractivity contribution in [2.45, 2.75) is 19.8 Å². The molecule has 1 N–H and O–H groups in total. The van der Waals surface area contributed by atoms with Crippen LogP contribution in [0.3, 0.4) is 0 Å². The second-order valence-electron chi connectivity index (χ2n) is 6.00. The Balaban J connectivity index is 1.62. The summed E-state index contributed by atoms with van der Waals surface area (Å²) < 4.78 is 0. The SMILES string of the molecule is CCN(c1ccc(Cl)cc1)c1ccc2nc(NC(=O)C3CC3)sc2n1. The van der Waals surface area contributed by atoms with Crippen molar-refractivity contribution in [3.8, 4) is 0 Å². The van der Waals surface area contributed by atoms with Gasteiger partial charge >= 0.3 is 0 Å². The highest BCUT2D eigenvalue weighted by atomic mass is 35.5. The van der Waals surface area contributed by atoms with Crippen LogP contribution in [-0.2, 0) is 4.79 Å². The molecule has 4 rings (SSSR count). The van der Waals surface area contributed by atoms with Gasteiger partial charge in [0.15, 0.2) is 5.13 Å². The molecule has 0 aliphatic heterocycles. The highest BCUT2D eigenvalue weighted by Gasteiger charge is 2.30. The Morgan fingerprint density at radius 2 is 2.00 bits per heavy atom. The van der Waals surface area contributed by atoms with E-state index in [1.54, 1.807) is 0 Å². The lowest BCUT2D eigenvalue weighted by atomic mass is 10.2. The minimum absolute atomic E-state index is 0.0654. The van der Waals surface area contributed by atoms with Gasteiger partial charge in [-0.05, 0) is 56.2 Å². The van der Waals surface area contributed by atoms with Crippen LogP contribution in [-0.4, -0.2) is 22.4 Å². The number of carbonyl (C=O) groups is 1. The molecule has 3 aromatic rings. The number of thiazole rings is 1. The Hall–Kier alpha value is -2.18. The van der Waals surface area contributed by atoms with Crippen molar-refractivity contribution in [2.75, 3.05) is 16.8 Å². The van der Waals surface area contributed by atoms with Gasteiger partial charge in [-0.1, -0.05) is 22.9 Å². The number of benzene rings is 1. The number of aromatic nitrogens is 2. The molecule has 25 heavy (non-hydrogen) atoms. The minimum atomic E-state index is 0.0654. The summed E-state index contributed by atoms with van der Waals surface area (Å²) in [6.07, 6.45) is 1.96. The maximum Gasteiger partial charge on any atom is 0.229 e. The first-order chi connectivity index (χ1) is 12.1. The van der Waals surface area contributed by atoms with Gasteiger partial charge in [-0.25, -0.2) is 9.97 Å². The van der Waals surface area contributed by atoms with Crippen LogP contribution < -0.4 is 10.2 Å². The lowest BCUT2D eigenvalue weighted by molar-refractivity contribution is -0.117. The summed E-state index contributed by atoms with van der Waals surface area (Å²) in [4.78, 5) is 24.0. The van der Waals surface area contributed by atoms with Crippen LogP contribution in [0.25, 0.3) is 10.3 Å². The third-order valence-electron chi connectivity index (χ3n) is 4.15. The van der Waals surface area contributed by atoms with Gasteiger partial charge in [0.05, 0.1) is 0 Å². The average Bonchev–Trinajstić information content (AvgIpc) is 3.38. The van der Waals surface area contributed by atoms with E-state index in [9.17, 15) is 4.79 Å². The quantitative estimate of drug-likeness (QED) is 0.695. The van der Waals surface area contributed by atoms with Crippen molar-refractivity contribution >= 4 is 55.8 Å². The van der Waals surface area contributed by atoms with Crippen molar-refractivity contribution in [1.29, 1.82) is 0 Å². The molecular formula is C18H17ClN4OS. The van der Waals surface area contributed by atoms with Gasteiger partial charge in [0.2, 0.25) is 5.91 Å². The Kier molecular flexibility index (Phi) is 4.31. The summed E-state index contributed by atoms with van der Waals surface area (Å²) >= 11 is 7.39. The van der Waals surface area contributed by atoms with Crippen LogP contribution in [0, 0.1) is 5.92 Å². The van der Waals surface area contributed by atoms with Crippen molar-refractivity contribution in [2.24, 2.45) is 5.92 Å². The number of nitrogens with zero attached hydrogens (tertiary/aromatic N) is 3. The zero-order valence-electron chi connectivity index (χ0n) is 13.7. The molecule has 1 aliphatic rings. The molecule has 1 amide bonds. The normalized spacial score (nSPS) is 13.8. The van der Waals surface area contributed by atoms with Crippen LogP contribution in [0.15, 0.2) is 36.4 Å². The monoisotopic (exact) mass is 372 g/mol. The second-order valence-corrected chi connectivity index (χ2v) is 7.41. The lowest BCUT2D eigenvalue weighted by Crippen LogP contribution is -2.17. The number of rotatable bonds is 5. The van der Waals surface area contributed by atoms with E-state index in [0.717, 1.165) is 41.2 Å². The number of anilines is 3. The first kappa shape index (κ1) is 16.3. The average molecular weight is 373 g/mol. The number of fused-ring (bicyclic) bond motifs is 1. The fourth-order valence-electron chi connectivity index (χ4n) is 2.66. The van der Waals surface area contributed by atoms with Gasteiger partial charge in [0.1, 0.15) is 16.2 Å². The Morgan fingerprint density at radius 1 is 1.24 bits per heavy atom. The van der Waals surface area contributed by atoms with Crippen LogP contribution in [0.4, 0.5) is 16.6 Å². The predicted octanol–water partition coefficient (Wildman–Crippen LogP) is 4.85. The van der Waals surface area contributed by atoms with E-state index in [-0.39, 0.29) is 11.8 Å². The van der Waals surface area contributed by atoms with Crippen LogP contribution in [0.1, 0.15) is 19.8 Å². The Labute approximate surface area is 154 Å². The molecule has 2 heterocycles. The summed E-state index contributed by atoms with van der Waals surface area (Å²) in [6, 6.07) is 11.6. The molecule has 128 valence electrons. The summed E-state index contributed by atoms with van der Waals surface area (Å²) in [5.41, 5.74) is 1.83. The molecular weight excluding hydrogens is 356 g/mol. The van der Waals surface area contributed by atoms with E-state index in [1.165, 1.54) is 11.3 Å². The zero-order chi connectivity index (χ0) is 17.4. The van der Waals surface area contributed by atoms with E-state index < -0.39 is 0 Å². The molecule has 1 aromatic carbocycles. The molecule has 0 atom stereocenters. The van der Waals surface area contributed by atoms with Crippen LogP contribution in [0.2, 0.25) is 5.02 Å². The molecule has 1 saturated carbocycles. The standard InChI is InChI=1S/C18H17ClN4OS/c1-2-23(13-7-5-12(19)6-8-13)15-10-9-14-17(21-15)25-18(20-14)22-16(24)11-3-4-11/h5-11H,2-4H2,1H3,(H,20,22,24). The van der Waals surface area contributed by atoms with E-state index in [4.69, 9.17) is 16.6 Å². The second kappa shape index (κ2) is 6.61. The molecule has 0 saturated heterocycles. The number of carbonyl (C=O) groups excluding carboxylic acids is 1. The molecule has 5 nitrogen and oxygen atoms in total. The molecule has 1 fully saturated rings. The Bertz CT molecular complexity index is 920. The third-order valence-corrected chi connectivity index (χ3v) is 5.28. The van der Waals surface area contributed by atoms with Crippen molar-refractivity contribution in [1.82, 2.24) is 9.97 Å². The Morgan fingerprint density at radius 3 is 2.68 bits per heavy atom. The van der Waals surface area contributed by atoms with E-state index in [0.29, 0.717) is 10.2 Å². The molecule has 1 aliphatic carbocycles. The third kappa shape index (κ3) is 3.45. The van der Waals surface area contributed by atoms with Gasteiger partial charge in [0, 0.05) is 23.2 Å². The largest absolute Gasteiger partial charge is 0.327 e. The maximum atomic E-state index is 11.9. The minimum Gasteiger partial charge on any atom is -0.327 e. The van der Waals surface area contributed by atoms with E-state index in [2.05, 4.69) is 22.1 Å². The summed E-state index contributed by atoms with van der Waals surface area (Å²) in [7, 11) is 0. The smallest absolute Gasteiger partial charge is 0.229 e. The molecule has 0 unspecified atom stereocenters. The first-order valence-electron chi connectivity index (χ1n) is 8.25. The fourth-order valence-corrected chi connectivity index (χ4v) is 3.62. The highest BCUT2D eigenvalue weighted by Crippen LogP contribution is 2.33. The van der Waals surface area contributed by atoms with Crippen molar-refractivity contribution < 1.29 is 4.79 Å². The molecule has 0 radical (unpaired) electrons. The molecule has 0 bridgehead atoms. The van der Waals surface area contributed by atoms with Gasteiger partial charge < -0.3 is 10.2 Å². The van der Waals surface area contributed by atoms with Crippen molar-refractivity contribution in [3.63, 3.8) is 0 Å². The van der Waals surface area contributed by atoms with Crippen LogP contribution in [0.5, 0.6) is 0 Å². The van der Waals surface area contributed by atoms with Gasteiger partial charge in [-0.3, -0.25) is 4.79 Å². The molecule has 0 spiro atoms. The summed E-state index contributed by atoms with van der Waals surface area (Å²) in [5, 5.41) is 4.22. The van der Waals surface area contributed by atoms with Gasteiger partial charge in [-0.15, -0.1) is 0 Å². The zero-order valence-corrected chi connectivity index (χ0v) is 15.3. The number of hydrogen-bond acceptors (Lipinski definition) is 5. The predicted molar refractivity (Wildman–Crippen MR) is 103 cm³/mol. The van der Waals surface area contributed by atoms with Crippen molar-refractivity contribution in [3.05, 3.63) is 41.4 Å². The highest BCUT2D eigenvalue weighted by molar-refractivity contribution is 7.22. The summed E-state index contributed by atoms with van der Waals surface area (Å²) in [6.45, 7) is 2.86. The number of pyridine rings is 1. The number of nitrogens with one attached hydrogen (secondary N) is 1. The molecule has 7 heteroatoms. The number of halogens is 1.